The molecule has 2 aromatic rings. The number of carbonyl (C=O) groups excluding carboxylic acids is 10. The molecule has 0 radical (unpaired) electrons. The maximum Gasteiger partial charge on any atom is 0.422 e. The van der Waals surface area contributed by atoms with Crippen molar-refractivity contribution in [2.75, 3.05) is 20.3 Å². The van der Waals surface area contributed by atoms with Gasteiger partial charge in [-0.2, -0.15) is 35.1 Å². The van der Waals surface area contributed by atoms with Crippen LogP contribution in [0.1, 0.15) is 184 Å². The molecule has 10 saturated carbocycles. The van der Waals surface area contributed by atoms with E-state index in [1.807, 2.05) is 12.1 Å². The van der Waals surface area contributed by atoms with E-state index in [1.165, 1.54) is 60.8 Å². The Labute approximate surface area is 658 Å². The lowest BCUT2D eigenvalue weighted by Crippen LogP contribution is -2.66. The molecule has 0 amide bonds. The highest BCUT2D eigenvalue weighted by atomic mass is 19.4. The molecule has 0 aromatic heterocycles. The predicted octanol–water partition coefficient (Wildman–Crippen LogP) is 14.9. The van der Waals surface area contributed by atoms with Crippen LogP contribution in [0.5, 0.6) is 17.2 Å². The van der Waals surface area contributed by atoms with Crippen molar-refractivity contribution in [1.29, 1.82) is 0 Å². The second-order valence-electron chi connectivity index (χ2n) is 31.2. The van der Waals surface area contributed by atoms with Gasteiger partial charge in [-0.3, -0.25) is 9.59 Å². The minimum absolute atomic E-state index is 0.0147. The molecule has 0 aliphatic heterocycles. The van der Waals surface area contributed by atoms with E-state index in [1.54, 1.807) is 63.2 Å². The molecule has 10 fully saturated rings. The third-order valence-electron chi connectivity index (χ3n) is 20.0. The van der Waals surface area contributed by atoms with Crippen LogP contribution in [0.2, 0.25) is 0 Å². The first-order chi connectivity index (χ1) is 52.5. The molecule has 10 aliphatic carbocycles. The quantitative estimate of drug-likeness (QED) is 0.0324. The van der Waals surface area contributed by atoms with E-state index in [-0.39, 0.29) is 88.4 Å². The number of alkyl halides is 8. The maximum absolute atomic E-state index is 13.3. The fraction of sp³-hybridized carbons (Fsp3) is 0.566. The summed E-state index contributed by atoms with van der Waals surface area (Å²) in [5.74, 6) is -7.29. The van der Waals surface area contributed by atoms with Gasteiger partial charge in [-0.05, 0) is 210 Å². The second-order valence-corrected chi connectivity index (χ2v) is 31.2. The Balaban J connectivity index is 0.000000282. The van der Waals surface area contributed by atoms with Crippen LogP contribution in [0.25, 0.3) is 6.08 Å². The minimum atomic E-state index is -4.61. The van der Waals surface area contributed by atoms with Crippen LogP contribution in [0.3, 0.4) is 0 Å². The average molecular weight is 1620 g/mol. The molecule has 114 heavy (non-hydrogen) atoms. The zero-order valence-electron chi connectivity index (χ0n) is 66.3. The number of carbonyl (C=O) groups is 10. The number of fused-ring (bicyclic) bond motifs is 2. The van der Waals surface area contributed by atoms with Gasteiger partial charge in [0.2, 0.25) is 0 Å². The summed E-state index contributed by atoms with van der Waals surface area (Å²) in [6, 6.07) is 13.6. The van der Waals surface area contributed by atoms with Gasteiger partial charge in [0.25, 0.3) is 0 Å². The first-order valence-corrected chi connectivity index (χ1v) is 36.8. The monoisotopic (exact) mass is 1620 g/mol. The van der Waals surface area contributed by atoms with E-state index in [2.05, 4.69) is 65.0 Å². The van der Waals surface area contributed by atoms with Crippen LogP contribution in [0.15, 0.2) is 128 Å². The first kappa shape index (κ1) is 97.0. The van der Waals surface area contributed by atoms with E-state index < -0.39 is 108 Å². The summed E-state index contributed by atoms with van der Waals surface area (Å²) in [5.41, 5.74) is -2.61. The molecule has 0 heterocycles. The van der Waals surface area contributed by atoms with Crippen molar-refractivity contribution >= 4 is 65.8 Å². The number of hydrogen-bond donors (Lipinski definition) is 3. The molecule has 12 rings (SSSR count). The summed E-state index contributed by atoms with van der Waals surface area (Å²) in [7, 11) is 0.837. The van der Waals surface area contributed by atoms with Crippen LogP contribution < -0.4 is 14.2 Å². The average Bonchev–Trinajstić information content (AvgIpc) is 0.868. The Kier molecular flexibility index (Phi) is 34.7. The zero-order chi connectivity index (χ0) is 86.6. The van der Waals surface area contributed by atoms with E-state index in [9.17, 15) is 98.4 Å². The summed E-state index contributed by atoms with van der Waals surface area (Å²) in [6.45, 7) is 35.7. The van der Waals surface area contributed by atoms with Gasteiger partial charge in [-0.25, -0.2) is 38.4 Å². The number of benzene rings is 2. The standard InChI is InChI=1S/C15H21F3O3.C14H20O4.C14H20O2.C12H12O4.C10H14F2O4.C10H10O2.C8H9F3O4/c1-8(2)13(19)21-12-6-9-4-10(12)5-11(9)7-14(3,20)15(16,17)18;1-9(2)11(15)18-14-5-10-3-12(16,7-14)6-13(17,4-10)8-14;1-9(2)13(15)16-14-6-10-3-11(7-14)5-12(4-10)8-14;1-8(2)12(14)16-11-7-5-4-6-10(11)15-9(3)13;1-5-7(16-8(13)6(2)3)10(11,12)9(14)15-4;1-3-9-4-6-10(7-5-9)12-8(2)11;1-5(2)7(13)14-3-6(12)15-4-8(9,10)11/h9-12,20H,1,4-7H2,2-3H3;10,16-17H,1,3-8H2,2H3;10-12H,1,3-8H2,2H3;4-7H,1H2,2-3H3;7H,2,5H2,1,3-4H3;3-7H,1H2,2H3;1,3-4H2,2H3. The van der Waals surface area contributed by atoms with E-state index in [0.29, 0.717) is 54.6 Å². The Bertz CT molecular complexity index is 3840. The molecular weight excluding hydrogens is 1520 g/mol. The minimum Gasteiger partial charge on any atom is -0.464 e. The molecule has 2 aromatic carbocycles. The van der Waals surface area contributed by atoms with E-state index in [4.69, 9.17) is 28.4 Å². The number of halogens is 8. The van der Waals surface area contributed by atoms with Gasteiger partial charge in [0.05, 0.1) is 18.3 Å². The van der Waals surface area contributed by atoms with Crippen LogP contribution in [-0.2, 0) is 81.1 Å². The number of ether oxygens (including phenoxy) is 10. The number of para-hydroxylation sites is 2. The Morgan fingerprint density at radius 1 is 0.535 bits per heavy atom. The summed E-state index contributed by atoms with van der Waals surface area (Å²) in [5, 5.41) is 30.6. The van der Waals surface area contributed by atoms with Crippen LogP contribution in [-0.4, -0.2) is 154 Å². The summed E-state index contributed by atoms with van der Waals surface area (Å²) >= 11 is 0. The summed E-state index contributed by atoms with van der Waals surface area (Å²) < 4.78 is 147. The normalized spacial score (nSPS) is 25.8. The van der Waals surface area contributed by atoms with Crippen molar-refractivity contribution < 1.29 is 146 Å². The fourth-order valence-electron chi connectivity index (χ4n) is 15.8. The molecule has 31 heteroatoms. The first-order valence-electron chi connectivity index (χ1n) is 36.8. The number of aliphatic hydroxyl groups is 3. The highest BCUT2D eigenvalue weighted by molar-refractivity contribution is 5.91. The van der Waals surface area contributed by atoms with Crippen molar-refractivity contribution in [3.05, 3.63) is 134 Å². The largest absolute Gasteiger partial charge is 0.464 e. The lowest BCUT2D eigenvalue weighted by Gasteiger charge is -2.62. The lowest BCUT2D eigenvalue weighted by molar-refractivity contribution is -0.260. The maximum atomic E-state index is 13.3. The van der Waals surface area contributed by atoms with E-state index >= 15 is 0 Å². The van der Waals surface area contributed by atoms with Crippen molar-refractivity contribution in [2.24, 2.45) is 41.4 Å². The Morgan fingerprint density at radius 2 is 0.991 bits per heavy atom. The highest BCUT2D eigenvalue weighted by Gasteiger charge is 2.65. The van der Waals surface area contributed by atoms with Gasteiger partial charge in [0, 0.05) is 66.5 Å². The Morgan fingerprint density at radius 3 is 1.39 bits per heavy atom. The van der Waals surface area contributed by atoms with Crippen LogP contribution >= 0.6 is 0 Å². The summed E-state index contributed by atoms with van der Waals surface area (Å²) in [4.78, 5) is 111. The number of esters is 10. The second kappa shape index (κ2) is 40.8. The third kappa shape index (κ3) is 29.8. The number of rotatable bonds is 22. The smallest absolute Gasteiger partial charge is 0.422 e. The predicted molar refractivity (Wildman–Crippen MR) is 398 cm³/mol. The number of methoxy groups -OCH3 is 1. The van der Waals surface area contributed by atoms with Gasteiger partial charge in [-0.15, -0.1) is 0 Å². The highest BCUT2D eigenvalue weighted by Crippen LogP contribution is 2.61. The molecule has 0 spiro atoms. The third-order valence-corrected chi connectivity index (χ3v) is 20.0. The molecule has 3 N–H and O–H groups in total. The number of hydrogen-bond acceptors (Lipinski definition) is 23. The molecular formula is C83H106F8O23. The molecule has 0 saturated heterocycles. The lowest BCUT2D eigenvalue weighted by atomic mass is 9.50. The SMILES string of the molecule is C=C(C)C(=O)OC(CC)C(F)(F)C(=O)OC.C=C(C)C(=O)OC12CC3CC(CC(C3)C1)C2.C=C(C)C(=O)OC12CC3CC(O)(CC(O)(C3)C1)C2.C=C(C)C(=O)OC1CC2CC1CC2CC(C)(O)C(F)(F)F.C=C(C)C(=O)OCC(=O)OCC(F)(F)F.C=C(C)C(=O)Oc1ccccc1OC(C)=O.C=Cc1ccc(OC(C)=O)cc1. The van der Waals surface area contributed by atoms with Crippen molar-refractivity contribution in [3.8, 4) is 17.2 Å². The summed E-state index contributed by atoms with van der Waals surface area (Å²) in [6.07, 6.45) is 2.92. The van der Waals surface area contributed by atoms with Gasteiger partial charge in [0.1, 0.15) is 23.1 Å². The van der Waals surface area contributed by atoms with Crippen molar-refractivity contribution in [1.82, 2.24) is 0 Å². The van der Waals surface area contributed by atoms with Gasteiger partial charge >= 0.3 is 78.0 Å². The van der Waals surface area contributed by atoms with Crippen LogP contribution in [0, 0.1) is 41.4 Å². The van der Waals surface area contributed by atoms with Gasteiger partial charge in [0.15, 0.2) is 36.4 Å². The van der Waals surface area contributed by atoms with Crippen molar-refractivity contribution in [2.45, 2.75) is 237 Å². The zero-order valence-corrected chi connectivity index (χ0v) is 66.3. The Hall–Kier alpha value is -9.36. The van der Waals surface area contributed by atoms with Crippen LogP contribution in [0.4, 0.5) is 35.1 Å². The van der Waals surface area contributed by atoms with Gasteiger partial charge in [-0.1, -0.05) is 83.3 Å². The topological polar surface area (TPSA) is 324 Å². The molecule has 8 unspecified atom stereocenters. The van der Waals surface area contributed by atoms with Crippen molar-refractivity contribution in [3.63, 3.8) is 0 Å². The molecule has 632 valence electrons. The van der Waals surface area contributed by atoms with Gasteiger partial charge < -0.3 is 62.7 Å². The molecule has 8 atom stereocenters. The molecule has 10 bridgehead atoms. The fourth-order valence-corrected chi connectivity index (χ4v) is 15.8. The van der Waals surface area contributed by atoms with E-state index in [0.717, 1.165) is 82.3 Å². The molecule has 10 aliphatic rings. The molecule has 23 nitrogen and oxygen atoms in total.